The van der Waals surface area contributed by atoms with Crippen molar-refractivity contribution in [3.63, 3.8) is 0 Å². The summed E-state index contributed by atoms with van der Waals surface area (Å²) in [6, 6.07) is 5.98. The van der Waals surface area contributed by atoms with E-state index < -0.39 is 14.6 Å². The number of hydrogen-bond acceptors (Lipinski definition) is 3. The monoisotopic (exact) mass is 381 g/mol. The second-order valence-electron chi connectivity index (χ2n) is 5.27. The Bertz CT molecular complexity index is 518. The van der Waals surface area contributed by atoms with Crippen LogP contribution in [0.5, 0.6) is 0 Å². The quantitative estimate of drug-likeness (QED) is 0.815. The number of hydrogen-bond donors (Lipinski definition) is 1. The summed E-state index contributed by atoms with van der Waals surface area (Å²) in [6.07, 6.45) is 0. The minimum absolute atomic E-state index is 0.154. The highest BCUT2D eigenvalue weighted by atomic mass is 127. The van der Waals surface area contributed by atoms with Crippen molar-refractivity contribution < 1.29 is 8.42 Å². The maximum atomic E-state index is 12.0. The van der Waals surface area contributed by atoms with Crippen molar-refractivity contribution >= 4 is 38.1 Å². The van der Waals surface area contributed by atoms with Crippen LogP contribution in [0.2, 0.25) is 0 Å². The molecule has 0 radical (unpaired) electrons. The summed E-state index contributed by atoms with van der Waals surface area (Å²) in [4.78, 5) is 0. The highest BCUT2D eigenvalue weighted by Gasteiger charge is 2.28. The van der Waals surface area contributed by atoms with Crippen LogP contribution in [0.25, 0.3) is 0 Å². The number of anilines is 1. The number of halogens is 1. The second-order valence-corrected chi connectivity index (χ2v) is 9.30. The molecule has 18 heavy (non-hydrogen) atoms. The Labute approximate surface area is 123 Å². The van der Waals surface area contributed by atoms with Gasteiger partial charge in [-0.3, -0.25) is 0 Å². The largest absolute Gasteiger partial charge is 0.384 e. The number of nitrogens with one attached hydrogen (secondary N) is 1. The first-order valence-electron chi connectivity index (χ1n) is 5.86. The molecule has 0 saturated carbocycles. The Morgan fingerprint density at radius 3 is 2.44 bits per heavy atom. The van der Waals surface area contributed by atoms with Gasteiger partial charge in [-0.1, -0.05) is 6.07 Å². The molecule has 0 spiro atoms. The van der Waals surface area contributed by atoms with Gasteiger partial charge in [0, 0.05) is 15.8 Å². The van der Waals surface area contributed by atoms with Gasteiger partial charge in [-0.15, -0.1) is 0 Å². The van der Waals surface area contributed by atoms with Crippen LogP contribution >= 0.6 is 22.6 Å². The molecule has 0 bridgehead atoms. The Morgan fingerprint density at radius 2 is 1.89 bits per heavy atom. The molecule has 0 aliphatic heterocycles. The predicted molar refractivity (Wildman–Crippen MR) is 85.9 cm³/mol. The van der Waals surface area contributed by atoms with Crippen LogP contribution in [0.3, 0.4) is 0 Å². The third-order valence-corrected chi connectivity index (χ3v) is 6.66. The third kappa shape index (κ3) is 3.85. The van der Waals surface area contributed by atoms with E-state index in [1.165, 1.54) is 3.57 Å². The molecule has 0 aromatic heterocycles. The van der Waals surface area contributed by atoms with Crippen LogP contribution in [-0.2, 0) is 9.84 Å². The van der Waals surface area contributed by atoms with Crippen LogP contribution in [0.15, 0.2) is 18.2 Å². The highest BCUT2D eigenvalue weighted by Crippen LogP contribution is 2.21. The zero-order valence-electron chi connectivity index (χ0n) is 11.2. The fourth-order valence-corrected chi connectivity index (χ4v) is 2.91. The van der Waals surface area contributed by atoms with Crippen LogP contribution in [0.1, 0.15) is 26.3 Å². The van der Waals surface area contributed by atoms with E-state index >= 15 is 0 Å². The van der Waals surface area contributed by atoms with Gasteiger partial charge in [0.2, 0.25) is 0 Å². The number of benzene rings is 1. The first-order valence-corrected chi connectivity index (χ1v) is 8.59. The minimum Gasteiger partial charge on any atom is -0.384 e. The summed E-state index contributed by atoms with van der Waals surface area (Å²) in [5.41, 5.74) is 2.16. The van der Waals surface area contributed by atoms with E-state index in [-0.39, 0.29) is 5.75 Å². The zero-order valence-corrected chi connectivity index (χ0v) is 14.2. The lowest BCUT2D eigenvalue weighted by molar-refractivity contribution is 0.560. The van der Waals surface area contributed by atoms with E-state index in [2.05, 4.69) is 27.9 Å². The maximum absolute atomic E-state index is 12.0. The van der Waals surface area contributed by atoms with Gasteiger partial charge < -0.3 is 5.32 Å². The molecule has 1 rings (SSSR count). The lowest BCUT2D eigenvalue weighted by Gasteiger charge is -2.19. The minimum atomic E-state index is -3.06. The average molecular weight is 381 g/mol. The van der Waals surface area contributed by atoms with E-state index in [1.807, 2.05) is 25.1 Å². The molecule has 3 nitrogen and oxygen atoms in total. The van der Waals surface area contributed by atoms with Crippen LogP contribution in [0.4, 0.5) is 5.69 Å². The van der Waals surface area contributed by atoms with Gasteiger partial charge >= 0.3 is 0 Å². The van der Waals surface area contributed by atoms with Crippen molar-refractivity contribution in [1.29, 1.82) is 0 Å². The average Bonchev–Trinajstić information content (AvgIpc) is 2.22. The molecule has 0 heterocycles. The van der Waals surface area contributed by atoms with Crippen molar-refractivity contribution in [3.05, 3.63) is 27.3 Å². The number of rotatable bonds is 4. The van der Waals surface area contributed by atoms with E-state index in [0.717, 1.165) is 11.3 Å². The standard InChI is InChI=1S/C13H20INO2S/c1-10-11(14)6-5-7-12(10)15-8-9-18(16,17)13(2,3)4/h5-7,15H,8-9H2,1-4H3. The van der Waals surface area contributed by atoms with Crippen LogP contribution < -0.4 is 5.32 Å². The Morgan fingerprint density at radius 1 is 1.28 bits per heavy atom. The van der Waals surface area contributed by atoms with Crippen molar-refractivity contribution in [2.75, 3.05) is 17.6 Å². The summed E-state index contributed by atoms with van der Waals surface area (Å²) in [5.74, 6) is 0.154. The first kappa shape index (κ1) is 15.8. The Hall–Kier alpha value is -0.300. The van der Waals surface area contributed by atoms with Crippen molar-refractivity contribution in [2.45, 2.75) is 32.4 Å². The summed E-state index contributed by atoms with van der Waals surface area (Å²) in [5, 5.41) is 3.20. The van der Waals surface area contributed by atoms with Gasteiger partial charge in [-0.25, -0.2) is 8.42 Å². The van der Waals surface area contributed by atoms with E-state index in [1.54, 1.807) is 20.8 Å². The van der Waals surface area contributed by atoms with Gasteiger partial charge in [0.05, 0.1) is 10.5 Å². The van der Waals surface area contributed by atoms with Gasteiger partial charge in [-0.2, -0.15) is 0 Å². The Balaban J connectivity index is 2.66. The molecular formula is C13H20INO2S. The van der Waals surface area contributed by atoms with Crippen LogP contribution in [0, 0.1) is 10.5 Å². The molecule has 0 aliphatic carbocycles. The fraction of sp³-hybridized carbons (Fsp3) is 0.538. The fourth-order valence-electron chi connectivity index (χ4n) is 1.43. The smallest absolute Gasteiger partial charge is 0.156 e. The topological polar surface area (TPSA) is 46.2 Å². The molecule has 0 aliphatic rings. The maximum Gasteiger partial charge on any atom is 0.156 e. The first-order chi connectivity index (χ1) is 8.15. The molecule has 1 aromatic carbocycles. The summed E-state index contributed by atoms with van der Waals surface area (Å²) in [7, 11) is -3.06. The zero-order chi connectivity index (χ0) is 14.0. The molecule has 1 aromatic rings. The lowest BCUT2D eigenvalue weighted by atomic mass is 10.2. The third-order valence-electron chi connectivity index (χ3n) is 2.89. The van der Waals surface area contributed by atoms with E-state index in [0.29, 0.717) is 6.54 Å². The van der Waals surface area contributed by atoms with E-state index in [4.69, 9.17) is 0 Å². The lowest BCUT2D eigenvalue weighted by Crippen LogP contribution is -2.32. The van der Waals surface area contributed by atoms with Gasteiger partial charge in [-0.05, 0) is 68.0 Å². The molecule has 1 N–H and O–H groups in total. The van der Waals surface area contributed by atoms with Gasteiger partial charge in [0.25, 0.3) is 0 Å². The molecular weight excluding hydrogens is 361 g/mol. The van der Waals surface area contributed by atoms with Crippen molar-refractivity contribution in [3.8, 4) is 0 Å². The molecule has 0 fully saturated rings. The van der Waals surface area contributed by atoms with Crippen molar-refractivity contribution in [2.24, 2.45) is 0 Å². The highest BCUT2D eigenvalue weighted by molar-refractivity contribution is 14.1. The van der Waals surface area contributed by atoms with Gasteiger partial charge in [0.15, 0.2) is 9.84 Å². The second kappa shape index (κ2) is 5.77. The van der Waals surface area contributed by atoms with Crippen LogP contribution in [-0.4, -0.2) is 25.5 Å². The molecule has 0 saturated heterocycles. The summed E-state index contributed by atoms with van der Waals surface area (Å²) < 4.78 is 24.4. The molecule has 0 unspecified atom stereocenters. The molecule has 102 valence electrons. The number of sulfone groups is 1. The van der Waals surface area contributed by atoms with E-state index in [9.17, 15) is 8.42 Å². The molecule has 0 atom stereocenters. The SMILES string of the molecule is Cc1c(I)cccc1NCCS(=O)(=O)C(C)(C)C. The summed E-state index contributed by atoms with van der Waals surface area (Å²) >= 11 is 2.27. The van der Waals surface area contributed by atoms with Crippen molar-refractivity contribution in [1.82, 2.24) is 0 Å². The normalized spacial score (nSPS) is 12.5. The predicted octanol–water partition coefficient (Wildman–Crippen LogP) is 3.22. The summed E-state index contributed by atoms with van der Waals surface area (Å²) in [6.45, 7) is 7.68. The molecule has 0 amide bonds. The molecule has 5 heteroatoms. The van der Waals surface area contributed by atoms with Gasteiger partial charge in [0.1, 0.15) is 0 Å². The Kier molecular flexibility index (Phi) is 5.05.